The number of benzene rings is 5. The minimum absolute atomic E-state index is 0.258. The van der Waals surface area contributed by atoms with Gasteiger partial charge in [-0.05, 0) is 101 Å². The molecule has 1 aliphatic heterocycles. The average molecular weight is 597 g/mol. The Morgan fingerprint density at radius 1 is 0.795 bits per heavy atom. The number of fused-ring (bicyclic) bond motifs is 8. The van der Waals surface area contributed by atoms with Crippen LogP contribution in [0.5, 0.6) is 5.75 Å². The maximum atomic E-state index is 15.0. The number of hydrogen-bond acceptors (Lipinski definition) is 2. The van der Waals surface area contributed by atoms with E-state index in [1.54, 1.807) is 23.9 Å². The van der Waals surface area contributed by atoms with E-state index in [-0.39, 0.29) is 11.6 Å². The highest BCUT2D eigenvalue weighted by Crippen LogP contribution is 2.58. The van der Waals surface area contributed by atoms with Gasteiger partial charge in [0.1, 0.15) is 17.4 Å². The van der Waals surface area contributed by atoms with Crippen LogP contribution in [0, 0.1) is 11.6 Å². The molecule has 0 saturated heterocycles. The molecule has 1 unspecified atom stereocenters. The third-order valence-corrected chi connectivity index (χ3v) is 10.3. The Morgan fingerprint density at radius 2 is 1.55 bits per heavy atom. The summed E-state index contributed by atoms with van der Waals surface area (Å²) in [4.78, 5) is 2.33. The van der Waals surface area contributed by atoms with Gasteiger partial charge >= 0.3 is 0 Å². The minimum atomic E-state index is -0.858. The van der Waals surface area contributed by atoms with Gasteiger partial charge in [-0.2, -0.15) is 0 Å². The summed E-state index contributed by atoms with van der Waals surface area (Å²) in [7, 11) is 0. The van der Waals surface area contributed by atoms with E-state index in [2.05, 4.69) is 80.6 Å². The molecule has 4 heteroatoms. The molecule has 0 aromatic heterocycles. The van der Waals surface area contributed by atoms with Gasteiger partial charge in [-0.3, -0.25) is 0 Å². The van der Waals surface area contributed by atoms with Crippen molar-refractivity contribution in [2.24, 2.45) is 0 Å². The van der Waals surface area contributed by atoms with Crippen molar-refractivity contribution in [2.45, 2.75) is 47.5 Å². The number of allylic oxidation sites excluding steroid dienone is 3. The molecule has 1 atom stereocenters. The lowest BCUT2D eigenvalue weighted by Crippen LogP contribution is -2.36. The van der Waals surface area contributed by atoms with E-state index in [9.17, 15) is 4.39 Å². The Labute approximate surface area is 260 Å². The highest BCUT2D eigenvalue weighted by atomic mass is 32.2. The summed E-state index contributed by atoms with van der Waals surface area (Å²) in [5, 5.41) is 1.64. The van der Waals surface area contributed by atoms with Crippen molar-refractivity contribution in [1.29, 1.82) is 0 Å². The maximum absolute atomic E-state index is 15.0. The summed E-state index contributed by atoms with van der Waals surface area (Å²) < 4.78 is 36.9. The molecule has 44 heavy (non-hydrogen) atoms. The summed E-state index contributed by atoms with van der Waals surface area (Å²) in [6.45, 7) is 4.28. The minimum Gasteiger partial charge on any atom is -0.473 e. The monoisotopic (exact) mass is 596 g/mol. The SMILES string of the molecule is CC1(C)c2cc(F)ccc2-c2c1c1c(c3cc(F)ccc23)OC(C2=CC=CCC2)(c2ccc(Sc3ccccc3)cc2)C=C1. The van der Waals surface area contributed by atoms with Crippen LogP contribution in [0.15, 0.2) is 131 Å². The van der Waals surface area contributed by atoms with E-state index in [0.29, 0.717) is 5.75 Å². The Balaban J connectivity index is 1.33. The van der Waals surface area contributed by atoms with E-state index in [4.69, 9.17) is 4.74 Å². The first-order valence-electron chi connectivity index (χ1n) is 15.0. The van der Waals surface area contributed by atoms with E-state index in [1.165, 1.54) is 17.0 Å². The standard InChI is InChI=1S/C40H30F2OS/c1-39(2)35-24-28(42)16-20-32(35)36-31-19-15-27(41)23-34(31)38-33(37(36)39)21-22-40(43-38,25-9-5-3-6-10-25)26-13-17-30(18-14-26)44-29-11-7-4-8-12-29/h3-5,7-9,11-24H,6,10H2,1-2H3. The zero-order chi connectivity index (χ0) is 30.1. The fourth-order valence-electron chi connectivity index (χ4n) is 7.25. The van der Waals surface area contributed by atoms with Gasteiger partial charge in [-0.1, -0.05) is 92.4 Å². The van der Waals surface area contributed by atoms with Crippen LogP contribution in [0.4, 0.5) is 8.78 Å². The van der Waals surface area contributed by atoms with Crippen LogP contribution in [0.25, 0.3) is 28.0 Å². The number of ether oxygens (including phenoxy) is 1. The van der Waals surface area contributed by atoms with Gasteiger partial charge in [-0.25, -0.2) is 8.78 Å². The zero-order valence-corrected chi connectivity index (χ0v) is 25.4. The normalized spacial score (nSPS) is 19.2. The molecule has 8 rings (SSSR count). The van der Waals surface area contributed by atoms with Crippen LogP contribution in [-0.4, -0.2) is 0 Å². The van der Waals surface area contributed by atoms with Crippen LogP contribution in [0.1, 0.15) is 48.9 Å². The first-order valence-corrected chi connectivity index (χ1v) is 15.8. The largest absolute Gasteiger partial charge is 0.473 e. The molecule has 0 spiro atoms. The third-order valence-electron chi connectivity index (χ3n) is 9.31. The second kappa shape index (κ2) is 10.1. The zero-order valence-electron chi connectivity index (χ0n) is 24.5. The lowest BCUT2D eigenvalue weighted by molar-refractivity contribution is 0.154. The Bertz CT molecular complexity index is 2050. The van der Waals surface area contributed by atoms with Gasteiger partial charge in [0, 0.05) is 31.7 Å². The van der Waals surface area contributed by atoms with Crippen molar-refractivity contribution < 1.29 is 13.5 Å². The number of rotatable bonds is 4. The summed E-state index contributed by atoms with van der Waals surface area (Å²) >= 11 is 1.72. The van der Waals surface area contributed by atoms with Gasteiger partial charge in [-0.15, -0.1) is 0 Å². The predicted octanol–water partition coefficient (Wildman–Crippen LogP) is 11.2. The topological polar surface area (TPSA) is 9.23 Å². The molecule has 3 aliphatic rings. The lowest BCUT2D eigenvalue weighted by atomic mass is 9.76. The van der Waals surface area contributed by atoms with E-state index >= 15 is 4.39 Å². The van der Waals surface area contributed by atoms with Crippen LogP contribution in [0.2, 0.25) is 0 Å². The van der Waals surface area contributed by atoms with Gasteiger partial charge in [0.05, 0.1) is 0 Å². The molecule has 5 aromatic carbocycles. The Hall–Kier alpha value is -4.41. The summed E-state index contributed by atoms with van der Waals surface area (Å²) in [5.41, 5.74) is 5.81. The van der Waals surface area contributed by atoms with Crippen LogP contribution in [-0.2, 0) is 11.0 Å². The van der Waals surface area contributed by atoms with Crippen molar-refractivity contribution in [3.05, 3.63) is 155 Å². The van der Waals surface area contributed by atoms with Crippen molar-refractivity contribution >= 4 is 28.6 Å². The molecule has 0 N–H and O–H groups in total. The van der Waals surface area contributed by atoms with E-state index < -0.39 is 11.0 Å². The molecule has 0 fully saturated rings. The van der Waals surface area contributed by atoms with Crippen molar-refractivity contribution in [1.82, 2.24) is 0 Å². The van der Waals surface area contributed by atoms with Crippen molar-refractivity contribution in [3.63, 3.8) is 0 Å². The van der Waals surface area contributed by atoms with Crippen molar-refractivity contribution in [3.8, 4) is 16.9 Å². The van der Waals surface area contributed by atoms with Crippen LogP contribution >= 0.6 is 11.8 Å². The molecule has 2 aliphatic carbocycles. The van der Waals surface area contributed by atoms with Crippen LogP contribution in [0.3, 0.4) is 0 Å². The molecule has 0 radical (unpaired) electrons. The maximum Gasteiger partial charge on any atom is 0.174 e. The fraction of sp³-hybridized carbons (Fsp3) is 0.150. The second-order valence-electron chi connectivity index (χ2n) is 12.3. The highest BCUT2D eigenvalue weighted by molar-refractivity contribution is 7.99. The van der Waals surface area contributed by atoms with E-state index in [0.717, 1.165) is 67.5 Å². The first kappa shape index (κ1) is 27.2. The first-order chi connectivity index (χ1) is 21.3. The van der Waals surface area contributed by atoms with Crippen molar-refractivity contribution in [2.75, 3.05) is 0 Å². The smallest absolute Gasteiger partial charge is 0.174 e. The summed E-state index contributed by atoms with van der Waals surface area (Å²) in [5.74, 6) is 0.0909. The fourth-order valence-corrected chi connectivity index (χ4v) is 8.09. The van der Waals surface area contributed by atoms with E-state index in [1.807, 2.05) is 30.3 Å². The molecule has 1 heterocycles. The molecule has 0 saturated carbocycles. The third kappa shape index (κ3) is 4.11. The molecular weight excluding hydrogens is 567 g/mol. The molecule has 216 valence electrons. The highest BCUT2D eigenvalue weighted by Gasteiger charge is 2.45. The summed E-state index contributed by atoms with van der Waals surface area (Å²) in [6.07, 6.45) is 12.5. The summed E-state index contributed by atoms with van der Waals surface area (Å²) in [6, 6.07) is 28.9. The predicted molar refractivity (Wildman–Crippen MR) is 176 cm³/mol. The Kier molecular flexibility index (Phi) is 6.22. The molecule has 1 nitrogen and oxygen atoms in total. The Morgan fingerprint density at radius 3 is 2.32 bits per heavy atom. The number of halogens is 2. The quantitative estimate of drug-likeness (QED) is 0.204. The second-order valence-corrected chi connectivity index (χ2v) is 13.4. The van der Waals surface area contributed by atoms with Gasteiger partial charge in [0.25, 0.3) is 0 Å². The van der Waals surface area contributed by atoms with Gasteiger partial charge in [0.15, 0.2) is 5.60 Å². The average Bonchev–Trinajstić information content (AvgIpc) is 3.28. The molecule has 5 aromatic rings. The molecule has 0 amide bonds. The number of hydrogen-bond donors (Lipinski definition) is 0. The van der Waals surface area contributed by atoms with Gasteiger partial charge < -0.3 is 4.74 Å². The molecular formula is C40H30F2OS. The lowest BCUT2D eigenvalue weighted by Gasteiger charge is -2.40. The van der Waals surface area contributed by atoms with Gasteiger partial charge in [0.2, 0.25) is 0 Å². The molecule has 0 bridgehead atoms. The van der Waals surface area contributed by atoms with Crippen LogP contribution < -0.4 is 4.74 Å².